The number of amides is 1. The predicted molar refractivity (Wildman–Crippen MR) is 123 cm³/mol. The van der Waals surface area contributed by atoms with Gasteiger partial charge in [-0.2, -0.15) is 0 Å². The summed E-state index contributed by atoms with van der Waals surface area (Å²) >= 11 is 0. The van der Waals surface area contributed by atoms with Crippen molar-refractivity contribution in [3.05, 3.63) is 84.1 Å². The van der Waals surface area contributed by atoms with Crippen molar-refractivity contribution in [3.8, 4) is 22.8 Å². The smallest absolute Gasteiger partial charge is 0.249 e. The molecule has 0 radical (unpaired) electrons. The van der Waals surface area contributed by atoms with Crippen LogP contribution in [0.2, 0.25) is 0 Å². The van der Waals surface area contributed by atoms with Crippen LogP contribution in [0.25, 0.3) is 23.0 Å². The lowest BCUT2D eigenvalue weighted by Gasteiger charge is -2.07. The van der Waals surface area contributed by atoms with E-state index in [9.17, 15) is 4.79 Å². The van der Waals surface area contributed by atoms with Crippen molar-refractivity contribution >= 4 is 23.4 Å². The van der Waals surface area contributed by atoms with Gasteiger partial charge in [0.25, 0.3) is 0 Å². The average Bonchev–Trinajstić information content (AvgIpc) is 3.15. The van der Waals surface area contributed by atoms with Crippen LogP contribution in [0, 0.1) is 6.92 Å². The molecule has 4 rings (SSSR count). The molecule has 2 heterocycles. The third kappa shape index (κ3) is 4.43. The van der Waals surface area contributed by atoms with E-state index in [1.807, 2.05) is 72.1 Å². The second-order valence-electron chi connectivity index (χ2n) is 7.08. The number of aryl methyl sites for hydroxylation is 1. The number of imidazole rings is 1. The van der Waals surface area contributed by atoms with E-state index < -0.39 is 0 Å². The van der Waals surface area contributed by atoms with E-state index in [4.69, 9.17) is 14.5 Å². The molecular weight excluding hydrogens is 390 g/mol. The molecule has 0 atom stereocenters. The van der Waals surface area contributed by atoms with Gasteiger partial charge in [-0.25, -0.2) is 4.98 Å². The van der Waals surface area contributed by atoms with Crippen LogP contribution in [0.15, 0.2) is 72.9 Å². The molecule has 0 aliphatic heterocycles. The summed E-state index contributed by atoms with van der Waals surface area (Å²) < 4.78 is 12.5. The van der Waals surface area contributed by atoms with E-state index in [1.54, 1.807) is 26.4 Å². The van der Waals surface area contributed by atoms with Crippen LogP contribution >= 0.6 is 0 Å². The van der Waals surface area contributed by atoms with Gasteiger partial charge >= 0.3 is 0 Å². The van der Waals surface area contributed by atoms with E-state index in [1.165, 1.54) is 6.08 Å². The lowest BCUT2D eigenvalue weighted by Crippen LogP contribution is -2.10. The maximum atomic E-state index is 12.8. The average molecular weight is 413 g/mol. The van der Waals surface area contributed by atoms with Crippen molar-refractivity contribution in [2.24, 2.45) is 0 Å². The largest absolute Gasteiger partial charge is 0.497 e. The third-order valence-corrected chi connectivity index (χ3v) is 4.86. The number of rotatable bonds is 6. The topological polar surface area (TPSA) is 64.9 Å². The highest BCUT2D eigenvalue weighted by molar-refractivity contribution is 6.03. The van der Waals surface area contributed by atoms with Gasteiger partial charge in [-0.05, 0) is 42.3 Å². The highest BCUT2D eigenvalue weighted by Crippen LogP contribution is 2.29. The number of pyridine rings is 1. The van der Waals surface area contributed by atoms with Gasteiger partial charge in [0.1, 0.15) is 28.7 Å². The summed E-state index contributed by atoms with van der Waals surface area (Å²) in [6.45, 7) is 2.00. The fourth-order valence-corrected chi connectivity index (χ4v) is 3.32. The second kappa shape index (κ2) is 8.75. The van der Waals surface area contributed by atoms with E-state index in [2.05, 4.69) is 5.32 Å². The van der Waals surface area contributed by atoms with Crippen LogP contribution in [0.3, 0.4) is 0 Å². The lowest BCUT2D eigenvalue weighted by atomic mass is 10.1. The first-order chi connectivity index (χ1) is 15.1. The van der Waals surface area contributed by atoms with Gasteiger partial charge < -0.3 is 14.8 Å². The minimum Gasteiger partial charge on any atom is -0.497 e. The molecule has 0 saturated carbocycles. The molecule has 0 fully saturated rings. The van der Waals surface area contributed by atoms with Crippen molar-refractivity contribution in [1.82, 2.24) is 9.38 Å². The van der Waals surface area contributed by atoms with Crippen LogP contribution in [-0.2, 0) is 4.79 Å². The molecule has 1 amide bonds. The third-order valence-electron chi connectivity index (χ3n) is 4.86. The van der Waals surface area contributed by atoms with E-state index >= 15 is 0 Å². The number of hydrogen-bond acceptors (Lipinski definition) is 4. The van der Waals surface area contributed by atoms with E-state index in [0.29, 0.717) is 17.3 Å². The summed E-state index contributed by atoms with van der Waals surface area (Å²) in [5.41, 5.74) is 4.28. The van der Waals surface area contributed by atoms with Gasteiger partial charge in [-0.3, -0.25) is 9.20 Å². The normalized spacial score (nSPS) is 11.1. The predicted octanol–water partition coefficient (Wildman–Crippen LogP) is 4.98. The Morgan fingerprint density at radius 2 is 1.71 bits per heavy atom. The Morgan fingerprint density at radius 1 is 1.00 bits per heavy atom. The van der Waals surface area contributed by atoms with Crippen molar-refractivity contribution in [3.63, 3.8) is 0 Å². The van der Waals surface area contributed by atoms with Gasteiger partial charge in [0.2, 0.25) is 5.91 Å². The number of carbonyl (C=O) groups excluding carboxylic acids is 1. The molecule has 156 valence electrons. The molecule has 1 N–H and O–H groups in total. The summed E-state index contributed by atoms with van der Waals surface area (Å²) in [7, 11) is 3.18. The highest BCUT2D eigenvalue weighted by Gasteiger charge is 2.15. The molecule has 0 spiro atoms. The first-order valence-electron chi connectivity index (χ1n) is 9.83. The number of aromatic nitrogens is 2. The Morgan fingerprint density at radius 3 is 2.39 bits per heavy atom. The van der Waals surface area contributed by atoms with Gasteiger partial charge in [0.15, 0.2) is 0 Å². The zero-order valence-electron chi connectivity index (χ0n) is 17.6. The van der Waals surface area contributed by atoms with Crippen molar-refractivity contribution in [2.45, 2.75) is 6.92 Å². The fourth-order valence-electron chi connectivity index (χ4n) is 3.32. The quantitative estimate of drug-likeness (QED) is 0.453. The SMILES string of the molecule is COc1cc(/C=C/C(=O)Nc2c(-c3ccccc3)nc3ccc(C)cn23)cc(OC)c1. The van der Waals surface area contributed by atoms with E-state index in [0.717, 1.165) is 28.0 Å². The van der Waals surface area contributed by atoms with Gasteiger partial charge in [0.05, 0.1) is 14.2 Å². The molecular formula is C25H23N3O3. The Bertz CT molecular complexity index is 1240. The zero-order valence-corrected chi connectivity index (χ0v) is 17.6. The lowest BCUT2D eigenvalue weighted by molar-refractivity contribution is -0.111. The molecule has 6 heteroatoms. The molecule has 0 bridgehead atoms. The van der Waals surface area contributed by atoms with Crippen molar-refractivity contribution in [2.75, 3.05) is 19.5 Å². The standard InChI is InChI=1S/C25H23N3O3/c1-17-9-11-22-26-24(19-7-5-4-6-8-19)25(28(22)16-17)27-23(29)12-10-18-13-20(30-2)15-21(14-18)31-3/h4-16H,1-3H3,(H,27,29)/b12-10+. The summed E-state index contributed by atoms with van der Waals surface area (Å²) in [5.74, 6) is 1.68. The fraction of sp³-hybridized carbons (Fsp3) is 0.120. The molecule has 0 saturated heterocycles. The molecule has 2 aromatic heterocycles. The number of carbonyl (C=O) groups is 1. The van der Waals surface area contributed by atoms with Crippen LogP contribution in [0.5, 0.6) is 11.5 Å². The first-order valence-corrected chi connectivity index (χ1v) is 9.83. The summed E-state index contributed by atoms with van der Waals surface area (Å²) in [4.78, 5) is 17.5. The monoisotopic (exact) mass is 413 g/mol. The van der Waals surface area contributed by atoms with Crippen LogP contribution in [0.4, 0.5) is 5.82 Å². The van der Waals surface area contributed by atoms with Crippen molar-refractivity contribution < 1.29 is 14.3 Å². The molecule has 0 unspecified atom stereocenters. The molecule has 6 nitrogen and oxygen atoms in total. The number of methoxy groups -OCH3 is 2. The highest BCUT2D eigenvalue weighted by atomic mass is 16.5. The number of ether oxygens (including phenoxy) is 2. The maximum absolute atomic E-state index is 12.8. The van der Waals surface area contributed by atoms with Crippen LogP contribution < -0.4 is 14.8 Å². The van der Waals surface area contributed by atoms with Crippen LogP contribution in [-0.4, -0.2) is 29.5 Å². The number of benzene rings is 2. The Labute approximate surface area is 180 Å². The maximum Gasteiger partial charge on any atom is 0.249 e. The number of hydrogen-bond donors (Lipinski definition) is 1. The van der Waals surface area contributed by atoms with Gasteiger partial charge in [0, 0.05) is 23.9 Å². The minimum atomic E-state index is -0.262. The number of nitrogens with zero attached hydrogens (tertiary/aromatic N) is 2. The Balaban J connectivity index is 1.67. The van der Waals surface area contributed by atoms with Crippen molar-refractivity contribution in [1.29, 1.82) is 0 Å². The summed E-state index contributed by atoms with van der Waals surface area (Å²) in [6.07, 6.45) is 5.16. The molecule has 0 aliphatic carbocycles. The second-order valence-corrected chi connectivity index (χ2v) is 7.08. The van der Waals surface area contributed by atoms with Gasteiger partial charge in [-0.1, -0.05) is 36.4 Å². The Kier molecular flexibility index (Phi) is 5.71. The number of fused-ring (bicyclic) bond motifs is 1. The Hall–Kier alpha value is -4.06. The summed E-state index contributed by atoms with van der Waals surface area (Å²) in [5, 5.41) is 3.00. The summed E-state index contributed by atoms with van der Waals surface area (Å²) in [6, 6.07) is 19.2. The first kappa shape index (κ1) is 20.2. The molecule has 4 aromatic rings. The van der Waals surface area contributed by atoms with Gasteiger partial charge in [-0.15, -0.1) is 0 Å². The van der Waals surface area contributed by atoms with Crippen LogP contribution in [0.1, 0.15) is 11.1 Å². The molecule has 31 heavy (non-hydrogen) atoms. The molecule has 2 aromatic carbocycles. The number of nitrogens with one attached hydrogen (secondary N) is 1. The van der Waals surface area contributed by atoms with E-state index in [-0.39, 0.29) is 5.91 Å². The number of anilines is 1. The minimum absolute atomic E-state index is 0.262. The zero-order chi connectivity index (χ0) is 21.8. The molecule has 0 aliphatic rings.